The van der Waals surface area contributed by atoms with E-state index in [1.165, 1.54) is 5.84 Å². The highest BCUT2D eigenvalue weighted by Gasteiger charge is 2.63. The first-order chi connectivity index (χ1) is 5.23. The Balaban J connectivity index is 3.10. The van der Waals surface area contributed by atoms with Crippen molar-refractivity contribution in [2.24, 2.45) is 5.41 Å². The number of hydrogen-bond acceptors (Lipinski definition) is 0. The number of amidine groups is 1. The first-order valence-corrected chi connectivity index (χ1v) is 4.51. The summed E-state index contributed by atoms with van der Waals surface area (Å²) < 4.78 is 2.21. The quantitative estimate of drug-likeness (QED) is 0.497. The Morgan fingerprint density at radius 2 is 1.50 bits per heavy atom. The summed E-state index contributed by atoms with van der Waals surface area (Å²) in [6.45, 7) is 9.20. The minimum absolute atomic E-state index is 0.284. The van der Waals surface area contributed by atoms with Crippen LogP contribution in [-0.4, -0.2) is 42.0 Å². The van der Waals surface area contributed by atoms with Crippen molar-refractivity contribution in [2.75, 3.05) is 21.1 Å². The van der Waals surface area contributed by atoms with Gasteiger partial charge in [0.05, 0.1) is 21.1 Å². The van der Waals surface area contributed by atoms with Crippen LogP contribution in [-0.2, 0) is 0 Å². The zero-order valence-electron chi connectivity index (χ0n) is 9.39. The molecule has 0 aromatic heterocycles. The lowest BCUT2D eigenvalue weighted by molar-refractivity contribution is -0.482. The van der Waals surface area contributed by atoms with E-state index < -0.39 is 0 Å². The molecule has 1 saturated heterocycles. The lowest BCUT2D eigenvalue weighted by Crippen LogP contribution is -2.73. The summed E-state index contributed by atoms with van der Waals surface area (Å²) in [7, 11) is 6.40. The first-order valence-electron chi connectivity index (χ1n) is 4.51. The van der Waals surface area contributed by atoms with Crippen molar-refractivity contribution in [1.82, 2.24) is 4.90 Å². The number of nitrogens with zero attached hydrogens (tertiary/aromatic N) is 2. The van der Waals surface area contributed by atoms with E-state index in [9.17, 15) is 0 Å². The minimum Gasteiger partial charge on any atom is -0.270 e. The van der Waals surface area contributed by atoms with E-state index >= 15 is 0 Å². The van der Waals surface area contributed by atoms with E-state index in [0.29, 0.717) is 5.41 Å². The Labute approximate surface area is 75.9 Å². The molecule has 1 rings (SSSR count). The first kappa shape index (κ1) is 9.56. The molecule has 2 nitrogen and oxygen atoms in total. The maximum Gasteiger partial charge on any atom is 0.256 e. The van der Waals surface area contributed by atoms with Crippen LogP contribution < -0.4 is 0 Å². The molecule has 0 radical (unpaired) electrons. The third-order valence-corrected chi connectivity index (χ3v) is 3.67. The molecule has 0 amide bonds. The molecule has 1 aliphatic heterocycles. The highest BCUT2D eigenvalue weighted by Crippen LogP contribution is 2.46. The van der Waals surface area contributed by atoms with Crippen LogP contribution in [0.2, 0.25) is 0 Å². The maximum atomic E-state index is 2.35. The lowest BCUT2D eigenvalue weighted by Gasteiger charge is -2.54. The fourth-order valence-electron chi connectivity index (χ4n) is 2.18. The third kappa shape index (κ3) is 0.838. The average molecular weight is 169 g/mol. The Bertz CT molecular complexity index is 232. The van der Waals surface area contributed by atoms with E-state index in [2.05, 4.69) is 58.3 Å². The molecule has 0 saturated carbocycles. The van der Waals surface area contributed by atoms with Crippen LogP contribution in [0, 0.1) is 5.41 Å². The Hall–Kier alpha value is -0.530. The number of rotatable bonds is 0. The summed E-state index contributed by atoms with van der Waals surface area (Å²) in [5.41, 5.74) is 0.581. The molecule has 0 N–H and O–H groups in total. The van der Waals surface area contributed by atoms with Crippen molar-refractivity contribution in [1.29, 1.82) is 0 Å². The van der Waals surface area contributed by atoms with Crippen molar-refractivity contribution in [3.63, 3.8) is 0 Å². The van der Waals surface area contributed by atoms with Crippen LogP contribution >= 0.6 is 0 Å². The fraction of sp³-hybridized carbons (Fsp3) is 0.900. The van der Waals surface area contributed by atoms with Gasteiger partial charge in [0.2, 0.25) is 0 Å². The molecule has 1 fully saturated rings. The molecule has 12 heavy (non-hydrogen) atoms. The van der Waals surface area contributed by atoms with Gasteiger partial charge in [0.1, 0.15) is 11.0 Å². The summed E-state index contributed by atoms with van der Waals surface area (Å²) >= 11 is 0. The number of hydrogen-bond donors (Lipinski definition) is 0. The zero-order chi connectivity index (χ0) is 9.73. The van der Waals surface area contributed by atoms with Gasteiger partial charge in [0.25, 0.3) is 5.84 Å². The van der Waals surface area contributed by atoms with Crippen molar-refractivity contribution in [2.45, 2.75) is 33.2 Å². The van der Waals surface area contributed by atoms with Gasteiger partial charge in [-0.2, -0.15) is 0 Å². The Kier molecular flexibility index (Phi) is 1.78. The van der Waals surface area contributed by atoms with E-state index in [4.69, 9.17) is 0 Å². The van der Waals surface area contributed by atoms with Crippen molar-refractivity contribution >= 4 is 5.84 Å². The topological polar surface area (TPSA) is 6.25 Å². The molecular formula is C10H21N2+. The van der Waals surface area contributed by atoms with Gasteiger partial charge in [-0.1, -0.05) is 0 Å². The smallest absolute Gasteiger partial charge is 0.256 e. The molecule has 1 heterocycles. The predicted molar refractivity (Wildman–Crippen MR) is 52.7 cm³/mol. The second-order valence-electron chi connectivity index (χ2n) is 4.96. The van der Waals surface area contributed by atoms with Crippen molar-refractivity contribution in [3.05, 3.63) is 0 Å². The Morgan fingerprint density at radius 1 is 1.08 bits per heavy atom. The molecule has 2 heteroatoms. The Morgan fingerprint density at radius 3 is 1.67 bits per heavy atom. The normalized spacial score (nSPS) is 25.2. The maximum absolute atomic E-state index is 2.35. The molecule has 0 spiro atoms. The van der Waals surface area contributed by atoms with Crippen LogP contribution in [0.15, 0.2) is 0 Å². The molecule has 0 aliphatic carbocycles. The van der Waals surface area contributed by atoms with Gasteiger partial charge in [-0.15, -0.1) is 0 Å². The molecule has 0 aromatic carbocycles. The van der Waals surface area contributed by atoms with Gasteiger partial charge in [-0.25, -0.2) is 0 Å². The summed E-state index contributed by atoms with van der Waals surface area (Å²) in [5.74, 6) is 1.42. The van der Waals surface area contributed by atoms with Gasteiger partial charge >= 0.3 is 0 Å². The van der Waals surface area contributed by atoms with Gasteiger partial charge in [-0.3, -0.25) is 9.48 Å². The average Bonchev–Trinajstić information content (AvgIpc) is 1.85. The molecule has 0 atom stereocenters. The molecule has 0 aromatic rings. The monoisotopic (exact) mass is 169 g/mol. The summed E-state index contributed by atoms with van der Waals surface area (Å²) in [6, 6.07) is 0. The van der Waals surface area contributed by atoms with Crippen LogP contribution in [0.1, 0.15) is 27.7 Å². The molecular weight excluding hydrogens is 148 g/mol. The molecule has 1 aliphatic rings. The second kappa shape index (κ2) is 2.24. The van der Waals surface area contributed by atoms with E-state index in [-0.39, 0.29) is 5.54 Å². The highest BCUT2D eigenvalue weighted by molar-refractivity contribution is 5.91. The minimum atomic E-state index is 0.284. The lowest BCUT2D eigenvalue weighted by atomic mass is 9.64. The van der Waals surface area contributed by atoms with Crippen LogP contribution in [0.25, 0.3) is 0 Å². The van der Waals surface area contributed by atoms with E-state index in [1.54, 1.807) is 0 Å². The SMILES string of the molecule is CN1C(=[N+](C)C)C(C)(C)C1(C)C. The largest absolute Gasteiger partial charge is 0.270 e. The van der Waals surface area contributed by atoms with E-state index in [1.807, 2.05) is 0 Å². The van der Waals surface area contributed by atoms with Crippen molar-refractivity contribution in [3.8, 4) is 0 Å². The van der Waals surface area contributed by atoms with Crippen LogP contribution in [0.3, 0.4) is 0 Å². The predicted octanol–water partition coefficient (Wildman–Crippen LogP) is 1.41. The van der Waals surface area contributed by atoms with Crippen LogP contribution in [0.5, 0.6) is 0 Å². The van der Waals surface area contributed by atoms with Gasteiger partial charge in [-0.05, 0) is 27.7 Å². The fourth-order valence-corrected chi connectivity index (χ4v) is 2.18. The molecule has 0 bridgehead atoms. The summed E-state index contributed by atoms with van der Waals surface area (Å²) in [4.78, 5) is 2.35. The third-order valence-electron chi connectivity index (χ3n) is 3.67. The molecule has 70 valence electrons. The van der Waals surface area contributed by atoms with E-state index in [0.717, 1.165) is 0 Å². The zero-order valence-corrected chi connectivity index (χ0v) is 9.39. The number of likely N-dealkylation sites (tertiary alicyclic amines) is 1. The van der Waals surface area contributed by atoms with Gasteiger partial charge < -0.3 is 0 Å². The summed E-state index contributed by atoms with van der Waals surface area (Å²) in [6.07, 6.45) is 0. The summed E-state index contributed by atoms with van der Waals surface area (Å²) in [5, 5.41) is 0. The van der Waals surface area contributed by atoms with Crippen LogP contribution in [0.4, 0.5) is 0 Å². The van der Waals surface area contributed by atoms with Gasteiger partial charge in [0.15, 0.2) is 0 Å². The van der Waals surface area contributed by atoms with Crippen molar-refractivity contribution < 1.29 is 4.58 Å². The second-order valence-corrected chi connectivity index (χ2v) is 4.96. The highest BCUT2D eigenvalue weighted by atomic mass is 15.3. The standard InChI is InChI=1S/C10H21N2/c1-9(2)8(11(5)6)12(7)10(9,3)4/h1-7H3/q+1. The van der Waals surface area contributed by atoms with Gasteiger partial charge in [0, 0.05) is 0 Å². The molecule has 0 unspecified atom stereocenters.